The normalized spacial score (nSPS) is 15.2. The van der Waals surface area contributed by atoms with Crippen LogP contribution in [-0.2, 0) is 6.54 Å². The van der Waals surface area contributed by atoms with Gasteiger partial charge in [-0.25, -0.2) is 4.98 Å². The first-order valence-electron chi connectivity index (χ1n) is 8.79. The van der Waals surface area contributed by atoms with Gasteiger partial charge in [-0.2, -0.15) is 0 Å². The number of aromatic amines is 1. The van der Waals surface area contributed by atoms with Gasteiger partial charge in [0.25, 0.3) is 5.91 Å². The number of hydrogen-bond acceptors (Lipinski definition) is 5. The second kappa shape index (κ2) is 7.39. The highest BCUT2D eigenvalue weighted by Gasteiger charge is 2.15. The summed E-state index contributed by atoms with van der Waals surface area (Å²) in [6.45, 7) is 3.04. The van der Waals surface area contributed by atoms with Gasteiger partial charge >= 0.3 is 0 Å². The number of aromatic nitrogens is 2. The molecule has 1 aromatic carbocycles. The fraction of sp³-hybridized carbons (Fsp3) is 0.316. The molecule has 1 aliphatic heterocycles. The fourth-order valence-electron chi connectivity index (χ4n) is 3.34. The molecule has 134 valence electrons. The van der Waals surface area contributed by atoms with E-state index in [4.69, 9.17) is 0 Å². The van der Waals surface area contributed by atoms with Crippen LogP contribution in [0.25, 0.3) is 10.9 Å². The number of carbonyl (C=O) groups is 1. The Kier molecular flexibility index (Phi) is 4.81. The zero-order chi connectivity index (χ0) is 17.9. The Bertz CT molecular complexity index is 988. The first-order chi connectivity index (χ1) is 12.7. The van der Waals surface area contributed by atoms with Gasteiger partial charge in [0.2, 0.25) is 5.56 Å². The van der Waals surface area contributed by atoms with Crippen molar-refractivity contribution in [1.29, 1.82) is 0 Å². The number of benzene rings is 1. The first-order valence-corrected chi connectivity index (χ1v) is 9.67. The van der Waals surface area contributed by atoms with Crippen LogP contribution in [0, 0.1) is 0 Å². The van der Waals surface area contributed by atoms with Crippen LogP contribution in [0.1, 0.15) is 35.3 Å². The fourth-order valence-corrected chi connectivity index (χ4v) is 4.04. The summed E-state index contributed by atoms with van der Waals surface area (Å²) in [6.07, 6.45) is 3.78. The van der Waals surface area contributed by atoms with Crippen molar-refractivity contribution >= 4 is 33.3 Å². The molecular formula is C19H20N4O2S. The molecule has 1 fully saturated rings. The molecule has 0 aliphatic carbocycles. The Hall–Kier alpha value is -2.51. The van der Waals surface area contributed by atoms with Crippen molar-refractivity contribution in [3.8, 4) is 0 Å². The van der Waals surface area contributed by atoms with E-state index in [1.54, 1.807) is 6.07 Å². The van der Waals surface area contributed by atoms with E-state index in [1.165, 1.54) is 36.7 Å². The Morgan fingerprint density at radius 1 is 1.23 bits per heavy atom. The zero-order valence-electron chi connectivity index (χ0n) is 14.3. The third kappa shape index (κ3) is 3.68. The van der Waals surface area contributed by atoms with Crippen molar-refractivity contribution in [1.82, 2.24) is 14.9 Å². The van der Waals surface area contributed by atoms with E-state index in [1.807, 2.05) is 23.6 Å². The molecule has 0 spiro atoms. The minimum absolute atomic E-state index is 0.293. The Labute approximate surface area is 154 Å². The third-order valence-corrected chi connectivity index (χ3v) is 5.41. The molecule has 3 aromatic rings. The second-order valence-corrected chi connectivity index (χ2v) is 7.39. The number of amides is 1. The summed E-state index contributed by atoms with van der Waals surface area (Å²) < 4.78 is 0. The first kappa shape index (κ1) is 16.9. The summed E-state index contributed by atoms with van der Waals surface area (Å²) in [5.74, 6) is -0.314. The third-order valence-electron chi connectivity index (χ3n) is 4.60. The van der Waals surface area contributed by atoms with E-state index in [2.05, 4.69) is 20.2 Å². The van der Waals surface area contributed by atoms with Crippen molar-refractivity contribution in [2.75, 3.05) is 18.4 Å². The molecule has 0 radical (unpaired) electrons. The monoisotopic (exact) mass is 368 g/mol. The van der Waals surface area contributed by atoms with E-state index in [0.29, 0.717) is 16.2 Å². The maximum absolute atomic E-state index is 12.7. The smallest absolute Gasteiger partial charge is 0.258 e. The molecule has 1 saturated heterocycles. The number of rotatable bonds is 4. The van der Waals surface area contributed by atoms with Crippen molar-refractivity contribution in [3.63, 3.8) is 0 Å². The maximum Gasteiger partial charge on any atom is 0.258 e. The van der Waals surface area contributed by atoms with Crippen molar-refractivity contribution < 1.29 is 4.79 Å². The quantitative estimate of drug-likeness (QED) is 0.741. The zero-order valence-corrected chi connectivity index (χ0v) is 15.1. The van der Waals surface area contributed by atoms with Gasteiger partial charge in [-0.15, -0.1) is 11.3 Å². The number of H-pyrrole nitrogens is 1. The molecule has 0 saturated carbocycles. The molecule has 4 rings (SSSR count). The SMILES string of the molecule is O=C(Nc1nc(CN2CCCCC2)cs1)c1cc(=O)[nH]c2ccccc12. The van der Waals surface area contributed by atoms with Gasteiger partial charge in [-0.1, -0.05) is 24.6 Å². The van der Waals surface area contributed by atoms with Gasteiger partial charge in [0.15, 0.2) is 5.13 Å². The van der Waals surface area contributed by atoms with Crippen LogP contribution in [-0.4, -0.2) is 33.9 Å². The lowest BCUT2D eigenvalue weighted by Crippen LogP contribution is -2.29. The molecular weight excluding hydrogens is 348 g/mol. The van der Waals surface area contributed by atoms with Crippen molar-refractivity contribution in [2.45, 2.75) is 25.8 Å². The van der Waals surface area contributed by atoms with Gasteiger partial charge in [0.05, 0.1) is 11.3 Å². The molecule has 7 heteroatoms. The summed E-state index contributed by atoms with van der Waals surface area (Å²) >= 11 is 1.42. The van der Waals surface area contributed by atoms with Gasteiger partial charge in [-0.05, 0) is 32.0 Å². The highest BCUT2D eigenvalue weighted by Crippen LogP contribution is 2.21. The van der Waals surface area contributed by atoms with Crippen molar-refractivity contribution in [3.05, 3.63) is 57.3 Å². The molecule has 26 heavy (non-hydrogen) atoms. The van der Waals surface area contributed by atoms with Crippen LogP contribution < -0.4 is 10.9 Å². The number of fused-ring (bicyclic) bond motifs is 1. The summed E-state index contributed by atoms with van der Waals surface area (Å²) in [5.41, 5.74) is 1.69. The maximum atomic E-state index is 12.7. The van der Waals surface area contributed by atoms with Crippen LogP contribution in [0.5, 0.6) is 0 Å². The summed E-state index contributed by atoms with van der Waals surface area (Å²) in [5, 5.41) is 6.10. The lowest BCUT2D eigenvalue weighted by Gasteiger charge is -2.25. The number of likely N-dealkylation sites (tertiary alicyclic amines) is 1. The van der Waals surface area contributed by atoms with Crippen molar-refractivity contribution in [2.24, 2.45) is 0 Å². The lowest BCUT2D eigenvalue weighted by molar-refractivity contribution is 0.102. The van der Waals surface area contributed by atoms with E-state index in [-0.39, 0.29) is 11.5 Å². The topological polar surface area (TPSA) is 78.1 Å². The van der Waals surface area contributed by atoms with Gasteiger partial charge < -0.3 is 4.98 Å². The van der Waals surface area contributed by atoms with Crippen LogP contribution in [0.15, 0.2) is 40.5 Å². The molecule has 1 amide bonds. The Balaban J connectivity index is 1.51. The molecule has 2 aromatic heterocycles. The largest absolute Gasteiger partial charge is 0.322 e. The van der Waals surface area contributed by atoms with Crippen LogP contribution in [0.2, 0.25) is 0 Å². The van der Waals surface area contributed by atoms with Gasteiger partial charge in [-0.3, -0.25) is 19.8 Å². The molecule has 6 nitrogen and oxygen atoms in total. The molecule has 1 aliphatic rings. The van der Waals surface area contributed by atoms with Gasteiger partial charge in [0, 0.05) is 28.9 Å². The number of para-hydroxylation sites is 1. The average Bonchev–Trinajstić information content (AvgIpc) is 3.08. The van der Waals surface area contributed by atoms with Crippen LogP contribution in [0.4, 0.5) is 5.13 Å². The molecule has 0 bridgehead atoms. The summed E-state index contributed by atoms with van der Waals surface area (Å²) in [6, 6.07) is 8.61. The number of thiazole rings is 1. The van der Waals surface area contributed by atoms with E-state index in [9.17, 15) is 9.59 Å². The van der Waals surface area contributed by atoms with Crippen LogP contribution in [0.3, 0.4) is 0 Å². The molecule has 2 N–H and O–H groups in total. The second-order valence-electron chi connectivity index (χ2n) is 6.53. The van der Waals surface area contributed by atoms with Gasteiger partial charge in [0.1, 0.15) is 0 Å². The minimum Gasteiger partial charge on any atom is -0.322 e. The number of hydrogen-bond donors (Lipinski definition) is 2. The van der Waals surface area contributed by atoms with E-state index in [0.717, 1.165) is 30.7 Å². The highest BCUT2D eigenvalue weighted by molar-refractivity contribution is 7.14. The van der Waals surface area contributed by atoms with Crippen LogP contribution >= 0.6 is 11.3 Å². The number of pyridine rings is 1. The average molecular weight is 368 g/mol. The number of anilines is 1. The van der Waals surface area contributed by atoms with E-state index >= 15 is 0 Å². The molecule has 0 unspecified atom stereocenters. The number of nitrogens with zero attached hydrogens (tertiary/aromatic N) is 2. The summed E-state index contributed by atoms with van der Waals surface area (Å²) in [7, 11) is 0. The Morgan fingerprint density at radius 3 is 2.88 bits per heavy atom. The standard InChI is InChI=1S/C19H20N4O2S/c24-17-10-15(14-6-2-3-7-16(14)21-17)18(25)22-19-20-13(12-26-19)11-23-8-4-1-5-9-23/h2-3,6-7,10,12H,1,4-5,8-9,11H2,(H,21,24)(H,20,22,25). The highest BCUT2D eigenvalue weighted by atomic mass is 32.1. The summed E-state index contributed by atoms with van der Waals surface area (Å²) in [4.78, 5) is 34.2. The Morgan fingerprint density at radius 2 is 2.04 bits per heavy atom. The minimum atomic E-state index is -0.314. The predicted molar refractivity (Wildman–Crippen MR) is 104 cm³/mol. The molecule has 0 atom stereocenters. The lowest BCUT2D eigenvalue weighted by atomic mass is 10.1. The predicted octanol–water partition coefficient (Wildman–Crippen LogP) is 3.22. The number of nitrogens with one attached hydrogen (secondary N) is 2. The van der Waals surface area contributed by atoms with E-state index < -0.39 is 0 Å². The number of piperidine rings is 1. The number of carbonyl (C=O) groups excluding carboxylic acids is 1. The molecule has 3 heterocycles.